The van der Waals surface area contributed by atoms with Crippen molar-refractivity contribution in [3.05, 3.63) is 0 Å². The van der Waals surface area contributed by atoms with Crippen molar-refractivity contribution >= 4 is 5.91 Å². The summed E-state index contributed by atoms with van der Waals surface area (Å²) in [6, 6.07) is 0.118. The average molecular weight is 279 g/mol. The van der Waals surface area contributed by atoms with E-state index in [-0.39, 0.29) is 17.9 Å². The second-order valence-corrected chi connectivity index (χ2v) is 6.98. The summed E-state index contributed by atoms with van der Waals surface area (Å²) in [4.78, 5) is 14.8. The summed E-state index contributed by atoms with van der Waals surface area (Å²) in [5.41, 5.74) is 6.23. The predicted molar refractivity (Wildman–Crippen MR) is 80.2 cm³/mol. The zero-order valence-electron chi connectivity index (χ0n) is 12.5. The van der Waals surface area contributed by atoms with Crippen LogP contribution >= 0.6 is 0 Å². The van der Waals surface area contributed by atoms with E-state index in [1.165, 1.54) is 58.0 Å². The largest absolute Gasteiger partial charge is 0.355 e. The average Bonchev–Trinajstić information content (AvgIpc) is 2.92. The fraction of sp³-hybridized carbons (Fsp3) is 0.938. The van der Waals surface area contributed by atoms with Gasteiger partial charge in [0.15, 0.2) is 0 Å². The highest BCUT2D eigenvalue weighted by Crippen LogP contribution is 2.47. The minimum Gasteiger partial charge on any atom is -0.355 e. The number of nitrogens with two attached hydrogens (primary N) is 1. The molecule has 2 saturated carbocycles. The van der Waals surface area contributed by atoms with Gasteiger partial charge >= 0.3 is 0 Å². The maximum atomic E-state index is 12.3. The van der Waals surface area contributed by atoms with Gasteiger partial charge in [0, 0.05) is 19.1 Å². The van der Waals surface area contributed by atoms with Gasteiger partial charge in [-0.1, -0.05) is 12.8 Å². The summed E-state index contributed by atoms with van der Waals surface area (Å²) in [6.45, 7) is 4.19. The molecule has 0 aromatic rings. The lowest BCUT2D eigenvalue weighted by molar-refractivity contribution is -0.127. The Hall–Kier alpha value is -0.610. The first-order valence-electron chi connectivity index (χ1n) is 8.51. The molecule has 20 heavy (non-hydrogen) atoms. The highest BCUT2D eigenvalue weighted by atomic mass is 16.1. The first-order chi connectivity index (χ1) is 9.75. The molecule has 0 spiro atoms. The molecule has 114 valence electrons. The van der Waals surface area contributed by atoms with Gasteiger partial charge in [-0.2, -0.15) is 0 Å². The fourth-order valence-electron chi connectivity index (χ4n) is 4.54. The van der Waals surface area contributed by atoms with Gasteiger partial charge in [-0.05, 0) is 57.0 Å². The van der Waals surface area contributed by atoms with E-state index in [1.54, 1.807) is 0 Å². The summed E-state index contributed by atoms with van der Waals surface area (Å²) < 4.78 is 0. The molecular formula is C16H29N3O. The minimum absolute atomic E-state index is 0.0953. The molecule has 0 radical (unpaired) electrons. The second-order valence-electron chi connectivity index (χ2n) is 6.98. The van der Waals surface area contributed by atoms with Gasteiger partial charge in [-0.15, -0.1) is 0 Å². The third kappa shape index (κ3) is 3.01. The summed E-state index contributed by atoms with van der Waals surface area (Å²) in [7, 11) is 0. The van der Waals surface area contributed by atoms with Crippen molar-refractivity contribution in [2.75, 3.05) is 26.2 Å². The van der Waals surface area contributed by atoms with E-state index >= 15 is 0 Å². The number of amides is 1. The zero-order valence-corrected chi connectivity index (χ0v) is 12.5. The third-order valence-electron chi connectivity index (χ3n) is 5.71. The van der Waals surface area contributed by atoms with Crippen LogP contribution in [0.2, 0.25) is 0 Å². The molecule has 1 heterocycles. The van der Waals surface area contributed by atoms with Gasteiger partial charge in [0.25, 0.3) is 0 Å². The SMILES string of the molecule is NC1C2CCC(C2)C1C(=O)NCCN1CCCCCC1. The highest BCUT2D eigenvalue weighted by Gasteiger charge is 2.48. The van der Waals surface area contributed by atoms with Crippen molar-refractivity contribution in [1.29, 1.82) is 0 Å². The van der Waals surface area contributed by atoms with Gasteiger partial charge in [0.1, 0.15) is 0 Å². The smallest absolute Gasteiger partial charge is 0.225 e. The Bertz CT molecular complexity index is 337. The summed E-state index contributed by atoms with van der Waals surface area (Å²) in [6.07, 6.45) is 8.99. The van der Waals surface area contributed by atoms with E-state index in [9.17, 15) is 4.79 Å². The van der Waals surface area contributed by atoms with E-state index in [0.29, 0.717) is 11.8 Å². The molecule has 1 aliphatic heterocycles. The second kappa shape index (κ2) is 6.44. The molecule has 1 saturated heterocycles. The lowest BCUT2D eigenvalue weighted by atomic mass is 9.84. The number of carbonyl (C=O) groups excluding carboxylic acids is 1. The van der Waals surface area contributed by atoms with E-state index < -0.39 is 0 Å². The molecule has 2 aliphatic carbocycles. The molecule has 4 nitrogen and oxygen atoms in total. The number of likely N-dealkylation sites (tertiary alicyclic amines) is 1. The Morgan fingerprint density at radius 2 is 1.80 bits per heavy atom. The van der Waals surface area contributed by atoms with Crippen LogP contribution in [-0.2, 0) is 4.79 Å². The lowest BCUT2D eigenvalue weighted by Gasteiger charge is -2.27. The number of fused-ring (bicyclic) bond motifs is 2. The van der Waals surface area contributed by atoms with Crippen LogP contribution in [0.25, 0.3) is 0 Å². The molecule has 4 atom stereocenters. The van der Waals surface area contributed by atoms with Crippen molar-refractivity contribution in [3.63, 3.8) is 0 Å². The maximum Gasteiger partial charge on any atom is 0.225 e. The van der Waals surface area contributed by atoms with Crippen molar-refractivity contribution < 1.29 is 4.79 Å². The van der Waals surface area contributed by atoms with Crippen LogP contribution < -0.4 is 11.1 Å². The number of nitrogens with zero attached hydrogens (tertiary/aromatic N) is 1. The highest BCUT2D eigenvalue weighted by molar-refractivity contribution is 5.80. The first kappa shape index (κ1) is 14.3. The van der Waals surface area contributed by atoms with Crippen molar-refractivity contribution in [2.24, 2.45) is 23.5 Å². The van der Waals surface area contributed by atoms with Gasteiger partial charge < -0.3 is 16.0 Å². The standard InChI is InChI=1S/C16H29N3O/c17-15-13-6-5-12(11-13)14(15)16(20)18-7-10-19-8-3-1-2-4-9-19/h12-15H,1-11,17H2,(H,18,20). The normalized spacial score (nSPS) is 37.9. The first-order valence-corrected chi connectivity index (χ1v) is 8.51. The van der Waals surface area contributed by atoms with E-state index in [4.69, 9.17) is 5.73 Å². The molecule has 3 N–H and O–H groups in total. The van der Waals surface area contributed by atoms with Gasteiger partial charge in [-0.3, -0.25) is 4.79 Å². The third-order valence-corrected chi connectivity index (χ3v) is 5.71. The van der Waals surface area contributed by atoms with Gasteiger partial charge in [-0.25, -0.2) is 0 Å². The Morgan fingerprint density at radius 1 is 1.10 bits per heavy atom. The van der Waals surface area contributed by atoms with E-state index in [0.717, 1.165) is 13.1 Å². The van der Waals surface area contributed by atoms with Crippen LogP contribution in [0.15, 0.2) is 0 Å². The Balaban J connectivity index is 1.41. The predicted octanol–water partition coefficient (Wildman–Crippen LogP) is 1.35. The van der Waals surface area contributed by atoms with E-state index in [2.05, 4.69) is 10.2 Å². The molecule has 3 fully saturated rings. The molecule has 4 heteroatoms. The van der Waals surface area contributed by atoms with Crippen LogP contribution in [0.4, 0.5) is 0 Å². The number of hydrogen-bond donors (Lipinski definition) is 2. The Kier molecular flexibility index (Phi) is 4.61. The van der Waals surface area contributed by atoms with Crippen LogP contribution in [-0.4, -0.2) is 43.0 Å². The maximum absolute atomic E-state index is 12.3. The molecule has 0 aromatic carbocycles. The molecule has 3 rings (SSSR count). The van der Waals surface area contributed by atoms with Crippen LogP contribution in [0, 0.1) is 17.8 Å². The Morgan fingerprint density at radius 3 is 2.45 bits per heavy atom. The molecule has 3 aliphatic rings. The zero-order chi connectivity index (χ0) is 13.9. The van der Waals surface area contributed by atoms with Crippen LogP contribution in [0.5, 0.6) is 0 Å². The quantitative estimate of drug-likeness (QED) is 0.817. The fourth-order valence-corrected chi connectivity index (χ4v) is 4.54. The number of rotatable bonds is 4. The number of nitrogens with one attached hydrogen (secondary N) is 1. The molecule has 1 amide bonds. The van der Waals surface area contributed by atoms with Gasteiger partial charge in [0.05, 0.1) is 5.92 Å². The van der Waals surface area contributed by atoms with Crippen LogP contribution in [0.3, 0.4) is 0 Å². The molecule has 2 bridgehead atoms. The minimum atomic E-state index is 0.0953. The van der Waals surface area contributed by atoms with Crippen molar-refractivity contribution in [3.8, 4) is 0 Å². The van der Waals surface area contributed by atoms with Crippen molar-refractivity contribution in [2.45, 2.75) is 51.0 Å². The molecular weight excluding hydrogens is 250 g/mol. The molecule has 4 unspecified atom stereocenters. The van der Waals surface area contributed by atoms with Crippen molar-refractivity contribution in [1.82, 2.24) is 10.2 Å². The van der Waals surface area contributed by atoms with Gasteiger partial charge in [0.2, 0.25) is 5.91 Å². The summed E-state index contributed by atoms with van der Waals surface area (Å²) in [5, 5.41) is 3.15. The summed E-state index contributed by atoms with van der Waals surface area (Å²) >= 11 is 0. The number of carbonyl (C=O) groups is 1. The topological polar surface area (TPSA) is 58.4 Å². The Labute approximate surface area is 122 Å². The monoisotopic (exact) mass is 279 g/mol. The number of hydrogen-bond acceptors (Lipinski definition) is 3. The van der Waals surface area contributed by atoms with Crippen LogP contribution in [0.1, 0.15) is 44.9 Å². The van der Waals surface area contributed by atoms with E-state index in [1.807, 2.05) is 0 Å². The lowest BCUT2D eigenvalue weighted by Crippen LogP contribution is -2.46. The molecule has 0 aromatic heterocycles. The summed E-state index contributed by atoms with van der Waals surface area (Å²) in [5.74, 6) is 1.49.